The van der Waals surface area contributed by atoms with E-state index in [1.165, 1.54) is 11.3 Å². The third-order valence-corrected chi connectivity index (χ3v) is 3.82. The van der Waals surface area contributed by atoms with E-state index in [-0.39, 0.29) is 18.9 Å². The second kappa shape index (κ2) is 7.24. The molecule has 0 spiro atoms. The fraction of sp³-hybridized carbons (Fsp3) is 0.200. The predicted octanol–water partition coefficient (Wildman–Crippen LogP) is 3.44. The molecule has 0 atom stereocenters. The van der Waals surface area contributed by atoms with Gasteiger partial charge < -0.3 is 10.1 Å². The third-order valence-electron chi connectivity index (χ3n) is 2.72. The smallest absolute Gasteiger partial charge is 0.312 e. The number of ether oxygens (including phenoxy) is 1. The van der Waals surface area contributed by atoms with Gasteiger partial charge in [-0.2, -0.15) is 0 Å². The largest absolute Gasteiger partial charge is 0.426 e. The van der Waals surface area contributed by atoms with Crippen LogP contribution >= 0.6 is 22.9 Å². The molecule has 4 nitrogen and oxygen atoms in total. The Bertz CT molecular complexity index is 640. The summed E-state index contributed by atoms with van der Waals surface area (Å²) in [5.74, 6) is -0.0960. The molecular formula is C15H14ClNO3S. The number of hydrogen-bond acceptors (Lipinski definition) is 4. The Balaban J connectivity index is 1.78. The topological polar surface area (TPSA) is 55.4 Å². The predicted molar refractivity (Wildman–Crippen MR) is 83.1 cm³/mol. The molecule has 0 fully saturated rings. The maximum atomic E-state index is 11.7. The quantitative estimate of drug-likeness (QED) is 0.677. The number of carbonyl (C=O) groups excluding carboxylic acids is 2. The molecule has 0 aliphatic carbocycles. The van der Waals surface area contributed by atoms with Crippen LogP contribution < -0.4 is 10.1 Å². The molecule has 1 aromatic carbocycles. The molecule has 0 bridgehead atoms. The van der Waals surface area contributed by atoms with Crippen molar-refractivity contribution in [2.24, 2.45) is 0 Å². The zero-order valence-corrected chi connectivity index (χ0v) is 13.0. The van der Waals surface area contributed by atoms with Crippen molar-refractivity contribution in [1.82, 2.24) is 5.32 Å². The number of carbonyl (C=O) groups is 2. The Labute approximate surface area is 131 Å². The summed E-state index contributed by atoms with van der Waals surface area (Å²) >= 11 is 7.19. The van der Waals surface area contributed by atoms with E-state index < -0.39 is 5.97 Å². The lowest BCUT2D eigenvalue weighted by Crippen LogP contribution is -2.26. The highest BCUT2D eigenvalue weighted by molar-refractivity contribution is 7.12. The van der Waals surface area contributed by atoms with Gasteiger partial charge in [-0.05, 0) is 42.1 Å². The fourth-order valence-corrected chi connectivity index (χ4v) is 2.54. The first-order valence-electron chi connectivity index (χ1n) is 6.35. The van der Waals surface area contributed by atoms with E-state index in [4.69, 9.17) is 16.3 Å². The van der Waals surface area contributed by atoms with E-state index in [0.29, 0.717) is 15.6 Å². The molecule has 0 aliphatic rings. The molecular weight excluding hydrogens is 310 g/mol. The summed E-state index contributed by atoms with van der Waals surface area (Å²) in [5.41, 5.74) is 0.790. The van der Waals surface area contributed by atoms with Gasteiger partial charge in [0.05, 0.1) is 11.3 Å². The summed E-state index contributed by atoms with van der Waals surface area (Å²) in [6, 6.07) is 8.57. The molecule has 1 amide bonds. The average Bonchev–Trinajstić information content (AvgIpc) is 2.96. The number of halogens is 1. The van der Waals surface area contributed by atoms with Crippen LogP contribution in [0.2, 0.25) is 5.02 Å². The molecule has 110 valence electrons. The Hall–Kier alpha value is -1.85. The van der Waals surface area contributed by atoms with Crippen LogP contribution in [0.4, 0.5) is 0 Å². The lowest BCUT2D eigenvalue weighted by atomic mass is 10.2. The summed E-state index contributed by atoms with van der Waals surface area (Å²) in [4.78, 5) is 24.0. The SMILES string of the molecule is Cc1cc(Cl)ccc1OC(=O)CCNC(=O)c1cccs1. The zero-order valence-electron chi connectivity index (χ0n) is 11.4. The molecule has 0 aliphatic heterocycles. The Kier molecular flexibility index (Phi) is 5.36. The molecule has 1 aromatic heterocycles. The van der Waals surface area contributed by atoms with Gasteiger partial charge in [-0.25, -0.2) is 0 Å². The second-order valence-corrected chi connectivity index (χ2v) is 5.75. The minimum atomic E-state index is -0.396. The summed E-state index contributed by atoms with van der Waals surface area (Å²) < 4.78 is 5.23. The highest BCUT2D eigenvalue weighted by Gasteiger charge is 2.10. The van der Waals surface area contributed by atoms with Crippen LogP contribution in [0.3, 0.4) is 0 Å². The standard InChI is InChI=1S/C15H14ClNO3S/c1-10-9-11(16)4-5-12(10)20-14(18)6-7-17-15(19)13-3-2-8-21-13/h2-5,8-9H,6-7H2,1H3,(H,17,19). The van der Waals surface area contributed by atoms with Gasteiger partial charge in [0.25, 0.3) is 5.91 Å². The van der Waals surface area contributed by atoms with Gasteiger partial charge in [0.15, 0.2) is 0 Å². The van der Waals surface area contributed by atoms with Crippen LogP contribution in [0, 0.1) is 6.92 Å². The van der Waals surface area contributed by atoms with Gasteiger partial charge in [-0.15, -0.1) is 11.3 Å². The average molecular weight is 324 g/mol. The summed E-state index contributed by atoms with van der Waals surface area (Å²) in [5, 5.41) is 5.09. The number of thiophene rings is 1. The Morgan fingerprint density at radius 1 is 1.33 bits per heavy atom. The number of nitrogens with one attached hydrogen (secondary N) is 1. The van der Waals surface area contributed by atoms with Crippen molar-refractivity contribution in [2.75, 3.05) is 6.54 Å². The Morgan fingerprint density at radius 2 is 2.14 bits per heavy atom. The molecule has 6 heteroatoms. The highest BCUT2D eigenvalue weighted by atomic mass is 35.5. The molecule has 0 unspecified atom stereocenters. The summed E-state index contributed by atoms with van der Waals surface area (Å²) in [6.07, 6.45) is 0.110. The van der Waals surface area contributed by atoms with Crippen molar-refractivity contribution in [3.05, 3.63) is 51.2 Å². The van der Waals surface area contributed by atoms with Crippen LogP contribution in [0.15, 0.2) is 35.7 Å². The maximum Gasteiger partial charge on any atom is 0.312 e. The number of rotatable bonds is 5. The first-order chi connectivity index (χ1) is 10.1. The van der Waals surface area contributed by atoms with Gasteiger partial charge in [-0.1, -0.05) is 17.7 Å². The lowest BCUT2D eigenvalue weighted by Gasteiger charge is -2.08. The van der Waals surface area contributed by atoms with E-state index in [1.807, 2.05) is 12.3 Å². The number of benzene rings is 1. The van der Waals surface area contributed by atoms with Crippen molar-refractivity contribution in [3.63, 3.8) is 0 Å². The molecule has 0 saturated carbocycles. The lowest BCUT2D eigenvalue weighted by molar-refractivity contribution is -0.134. The van der Waals surface area contributed by atoms with E-state index in [0.717, 1.165) is 5.56 Å². The number of aryl methyl sites for hydroxylation is 1. The van der Waals surface area contributed by atoms with Gasteiger partial charge >= 0.3 is 5.97 Å². The van der Waals surface area contributed by atoms with Crippen LogP contribution in [0.5, 0.6) is 5.75 Å². The normalized spacial score (nSPS) is 10.2. The van der Waals surface area contributed by atoms with Crippen molar-refractivity contribution in [2.45, 2.75) is 13.3 Å². The molecule has 2 rings (SSSR count). The molecule has 1 heterocycles. The first kappa shape index (κ1) is 15.5. The molecule has 2 aromatic rings. The van der Waals surface area contributed by atoms with Crippen molar-refractivity contribution < 1.29 is 14.3 Å². The maximum absolute atomic E-state index is 11.7. The van der Waals surface area contributed by atoms with E-state index in [1.54, 1.807) is 30.3 Å². The molecule has 21 heavy (non-hydrogen) atoms. The van der Waals surface area contributed by atoms with Crippen molar-refractivity contribution >= 4 is 34.8 Å². The summed E-state index contributed by atoms with van der Waals surface area (Å²) in [7, 11) is 0. The molecule has 0 radical (unpaired) electrons. The number of esters is 1. The van der Waals surface area contributed by atoms with Crippen LogP contribution in [-0.4, -0.2) is 18.4 Å². The number of amides is 1. The monoisotopic (exact) mass is 323 g/mol. The van der Waals surface area contributed by atoms with Gasteiger partial charge in [0, 0.05) is 11.6 Å². The van der Waals surface area contributed by atoms with Crippen molar-refractivity contribution in [1.29, 1.82) is 0 Å². The van der Waals surface area contributed by atoms with Crippen LogP contribution in [-0.2, 0) is 4.79 Å². The van der Waals surface area contributed by atoms with Crippen LogP contribution in [0.25, 0.3) is 0 Å². The van der Waals surface area contributed by atoms with Crippen molar-refractivity contribution in [3.8, 4) is 5.75 Å². The second-order valence-electron chi connectivity index (χ2n) is 4.37. The minimum absolute atomic E-state index is 0.110. The van der Waals surface area contributed by atoms with Gasteiger partial charge in [-0.3, -0.25) is 9.59 Å². The van der Waals surface area contributed by atoms with Gasteiger partial charge in [0.1, 0.15) is 5.75 Å². The molecule has 1 N–H and O–H groups in total. The fourth-order valence-electron chi connectivity index (χ4n) is 1.67. The Morgan fingerprint density at radius 3 is 2.81 bits per heavy atom. The zero-order chi connectivity index (χ0) is 15.2. The molecule has 0 saturated heterocycles. The number of hydrogen-bond donors (Lipinski definition) is 1. The minimum Gasteiger partial charge on any atom is -0.426 e. The van der Waals surface area contributed by atoms with E-state index in [2.05, 4.69) is 5.32 Å². The first-order valence-corrected chi connectivity index (χ1v) is 7.60. The van der Waals surface area contributed by atoms with E-state index in [9.17, 15) is 9.59 Å². The van der Waals surface area contributed by atoms with E-state index >= 15 is 0 Å². The third kappa shape index (κ3) is 4.58. The summed E-state index contributed by atoms with van der Waals surface area (Å²) in [6.45, 7) is 2.05. The van der Waals surface area contributed by atoms with Gasteiger partial charge in [0.2, 0.25) is 0 Å². The highest BCUT2D eigenvalue weighted by Crippen LogP contribution is 2.22. The van der Waals surface area contributed by atoms with Crippen LogP contribution in [0.1, 0.15) is 21.7 Å².